The van der Waals surface area contributed by atoms with Crippen molar-refractivity contribution >= 4 is 34.6 Å². The highest BCUT2D eigenvalue weighted by Gasteiger charge is 2.22. The summed E-state index contributed by atoms with van der Waals surface area (Å²) < 4.78 is 0. The number of anilines is 1. The molecule has 0 radical (unpaired) electrons. The van der Waals surface area contributed by atoms with E-state index in [1.165, 1.54) is 0 Å². The monoisotopic (exact) mass is 428 g/mol. The number of nitrogens with zero attached hydrogens (tertiary/aromatic N) is 2. The second-order valence-electron chi connectivity index (χ2n) is 8.25. The quantitative estimate of drug-likeness (QED) is 0.583. The number of pyridine rings is 1. The molecule has 4 rings (SSSR count). The summed E-state index contributed by atoms with van der Waals surface area (Å²) in [7, 11) is 0. The van der Waals surface area contributed by atoms with Gasteiger partial charge in [-0.25, -0.2) is 4.79 Å². The molecule has 1 aliphatic heterocycles. The molecule has 1 aromatic heterocycles. The molecule has 1 saturated heterocycles. The summed E-state index contributed by atoms with van der Waals surface area (Å²) in [6.45, 7) is 3.93. The molecule has 164 valence electrons. The number of likely N-dealkylation sites (tertiary alicyclic amines) is 1. The van der Waals surface area contributed by atoms with Crippen molar-refractivity contribution in [1.29, 1.82) is 0 Å². The third-order valence-corrected chi connectivity index (χ3v) is 5.76. The number of amides is 3. The van der Waals surface area contributed by atoms with E-state index in [2.05, 4.69) is 15.6 Å². The fourth-order valence-electron chi connectivity index (χ4n) is 4.01. The summed E-state index contributed by atoms with van der Waals surface area (Å²) in [6, 6.07) is 17.3. The smallest absolute Gasteiger partial charge is 0.319 e. The Labute approximate surface area is 188 Å². The Morgan fingerprint density at radius 2 is 1.94 bits per heavy atom. The number of nitrogens with one attached hydrogen (secondary N) is 2. The molecule has 2 N–H and O–H groups in total. The van der Waals surface area contributed by atoms with E-state index in [4.69, 9.17) is 0 Å². The van der Waals surface area contributed by atoms with Gasteiger partial charge in [0.2, 0.25) is 5.91 Å². The first kappa shape index (κ1) is 21.6. The molecule has 1 atom stereocenters. The normalized spacial score (nSPS) is 16.3. The fraction of sp³-hybridized carbons (Fsp3) is 0.269. The van der Waals surface area contributed by atoms with Crippen LogP contribution in [0.3, 0.4) is 0 Å². The zero-order valence-corrected chi connectivity index (χ0v) is 18.3. The SMILES string of the molecule is Cc1ccc(NC(=O)NCC2CCCN(C(=O)/C=C/c3cccc4cccnc34)C2)cc1. The van der Waals surface area contributed by atoms with Gasteiger partial charge in [-0.3, -0.25) is 9.78 Å². The van der Waals surface area contributed by atoms with E-state index < -0.39 is 0 Å². The Bertz CT molecular complexity index is 1120. The number of para-hydroxylation sites is 1. The first-order valence-electron chi connectivity index (χ1n) is 11.0. The molecule has 0 spiro atoms. The van der Waals surface area contributed by atoms with Crippen molar-refractivity contribution in [3.8, 4) is 0 Å². The fourth-order valence-corrected chi connectivity index (χ4v) is 4.01. The van der Waals surface area contributed by atoms with Gasteiger partial charge in [-0.15, -0.1) is 0 Å². The molecule has 0 bridgehead atoms. The molecule has 1 aliphatic rings. The summed E-state index contributed by atoms with van der Waals surface area (Å²) in [6.07, 6.45) is 7.16. The van der Waals surface area contributed by atoms with Gasteiger partial charge in [0.25, 0.3) is 0 Å². The Hall–Kier alpha value is -3.67. The zero-order valence-electron chi connectivity index (χ0n) is 18.3. The van der Waals surface area contributed by atoms with Gasteiger partial charge in [-0.05, 0) is 50.0 Å². The average Bonchev–Trinajstić information content (AvgIpc) is 2.83. The Kier molecular flexibility index (Phi) is 6.80. The van der Waals surface area contributed by atoms with Crippen molar-refractivity contribution in [3.05, 3.63) is 78.0 Å². The van der Waals surface area contributed by atoms with Crippen molar-refractivity contribution < 1.29 is 9.59 Å². The Balaban J connectivity index is 1.30. The molecule has 0 aliphatic carbocycles. The molecule has 3 amide bonds. The number of aromatic nitrogens is 1. The molecular weight excluding hydrogens is 400 g/mol. The molecule has 1 fully saturated rings. The number of benzene rings is 2. The van der Waals surface area contributed by atoms with Crippen LogP contribution in [0.1, 0.15) is 24.0 Å². The molecule has 1 unspecified atom stereocenters. The van der Waals surface area contributed by atoms with Crippen LogP contribution in [0, 0.1) is 12.8 Å². The van der Waals surface area contributed by atoms with Crippen LogP contribution in [-0.2, 0) is 4.79 Å². The second kappa shape index (κ2) is 10.1. The third-order valence-electron chi connectivity index (χ3n) is 5.76. The lowest BCUT2D eigenvalue weighted by molar-refractivity contribution is -0.127. The maximum Gasteiger partial charge on any atom is 0.319 e. The largest absolute Gasteiger partial charge is 0.339 e. The van der Waals surface area contributed by atoms with Crippen molar-refractivity contribution in [2.24, 2.45) is 5.92 Å². The Morgan fingerprint density at radius 1 is 1.12 bits per heavy atom. The van der Waals surface area contributed by atoms with Gasteiger partial charge in [0, 0.05) is 48.5 Å². The van der Waals surface area contributed by atoms with E-state index in [1.54, 1.807) is 12.3 Å². The van der Waals surface area contributed by atoms with Gasteiger partial charge in [0.1, 0.15) is 0 Å². The van der Waals surface area contributed by atoms with E-state index in [0.717, 1.165) is 47.1 Å². The number of piperidine rings is 1. The van der Waals surface area contributed by atoms with E-state index in [9.17, 15) is 9.59 Å². The minimum Gasteiger partial charge on any atom is -0.339 e. The minimum atomic E-state index is -0.222. The van der Waals surface area contributed by atoms with Crippen molar-refractivity contribution in [2.45, 2.75) is 19.8 Å². The Morgan fingerprint density at radius 3 is 2.78 bits per heavy atom. The molecule has 2 aromatic carbocycles. The summed E-state index contributed by atoms with van der Waals surface area (Å²) in [5.74, 6) is 0.232. The molecular formula is C26H28N4O2. The lowest BCUT2D eigenvalue weighted by Crippen LogP contribution is -2.43. The lowest BCUT2D eigenvalue weighted by atomic mass is 9.98. The summed E-state index contributed by atoms with van der Waals surface area (Å²) in [5.41, 5.74) is 3.73. The van der Waals surface area contributed by atoms with Gasteiger partial charge < -0.3 is 15.5 Å². The van der Waals surface area contributed by atoms with Crippen molar-refractivity contribution in [3.63, 3.8) is 0 Å². The van der Waals surface area contributed by atoms with Crippen LogP contribution in [-0.4, -0.2) is 41.5 Å². The molecule has 6 nitrogen and oxygen atoms in total. The van der Waals surface area contributed by atoms with Gasteiger partial charge in [0.15, 0.2) is 0 Å². The van der Waals surface area contributed by atoms with Crippen molar-refractivity contribution in [2.75, 3.05) is 25.0 Å². The zero-order chi connectivity index (χ0) is 22.3. The van der Waals surface area contributed by atoms with Crippen LogP contribution in [0.4, 0.5) is 10.5 Å². The van der Waals surface area contributed by atoms with Crippen LogP contribution in [0.25, 0.3) is 17.0 Å². The topological polar surface area (TPSA) is 74.3 Å². The molecule has 3 aromatic rings. The van der Waals surface area contributed by atoms with Crippen LogP contribution < -0.4 is 10.6 Å². The number of rotatable bonds is 5. The number of urea groups is 1. The highest BCUT2D eigenvalue weighted by Crippen LogP contribution is 2.19. The van der Waals surface area contributed by atoms with Crippen LogP contribution in [0.15, 0.2) is 66.9 Å². The predicted molar refractivity (Wildman–Crippen MR) is 128 cm³/mol. The van der Waals surface area contributed by atoms with E-state index >= 15 is 0 Å². The molecule has 0 saturated carbocycles. The standard InChI is InChI=1S/C26H28N4O2/c1-19-9-12-23(13-10-19)29-26(32)28-17-20-5-4-16-30(18-20)24(31)14-11-22-7-2-6-21-8-3-15-27-25(21)22/h2-3,6-15,20H,4-5,16-18H2,1H3,(H2,28,29,32)/b14-11+. The van der Waals surface area contributed by atoms with Gasteiger partial charge in [0.05, 0.1) is 5.52 Å². The van der Waals surface area contributed by atoms with Crippen LogP contribution in [0.2, 0.25) is 0 Å². The number of carbonyl (C=O) groups is 2. The van der Waals surface area contributed by atoms with Crippen LogP contribution >= 0.6 is 0 Å². The number of fused-ring (bicyclic) bond motifs is 1. The van der Waals surface area contributed by atoms with E-state index in [0.29, 0.717) is 13.1 Å². The summed E-state index contributed by atoms with van der Waals surface area (Å²) in [4.78, 5) is 31.3. The first-order valence-corrected chi connectivity index (χ1v) is 11.0. The molecule has 6 heteroatoms. The first-order chi connectivity index (χ1) is 15.6. The highest BCUT2D eigenvalue weighted by molar-refractivity contribution is 5.95. The summed E-state index contributed by atoms with van der Waals surface area (Å²) >= 11 is 0. The predicted octanol–water partition coefficient (Wildman–Crippen LogP) is 4.62. The van der Waals surface area contributed by atoms with Crippen molar-refractivity contribution in [1.82, 2.24) is 15.2 Å². The van der Waals surface area contributed by atoms with Crippen LogP contribution in [0.5, 0.6) is 0 Å². The molecule has 32 heavy (non-hydrogen) atoms. The number of hydrogen-bond acceptors (Lipinski definition) is 3. The van der Waals surface area contributed by atoms with Gasteiger partial charge in [-0.2, -0.15) is 0 Å². The van der Waals surface area contributed by atoms with E-state index in [1.807, 2.05) is 72.5 Å². The third kappa shape index (κ3) is 5.52. The average molecular weight is 429 g/mol. The second-order valence-corrected chi connectivity index (χ2v) is 8.25. The van der Waals surface area contributed by atoms with Gasteiger partial charge in [-0.1, -0.05) is 42.0 Å². The number of aryl methyl sites for hydroxylation is 1. The number of hydrogen-bond donors (Lipinski definition) is 2. The summed E-state index contributed by atoms with van der Waals surface area (Å²) in [5, 5.41) is 6.84. The lowest BCUT2D eigenvalue weighted by Gasteiger charge is -2.32. The highest BCUT2D eigenvalue weighted by atomic mass is 16.2. The van der Waals surface area contributed by atoms with E-state index in [-0.39, 0.29) is 17.9 Å². The molecule has 2 heterocycles. The number of carbonyl (C=O) groups excluding carboxylic acids is 2. The minimum absolute atomic E-state index is 0.00765. The maximum atomic E-state index is 12.8. The van der Waals surface area contributed by atoms with Gasteiger partial charge >= 0.3 is 6.03 Å². The maximum absolute atomic E-state index is 12.8.